The number of nitrogens with one attached hydrogen (secondary N) is 1. The van der Waals surface area contributed by atoms with Crippen LogP contribution < -0.4 is 15.8 Å². The number of anilines is 1. The summed E-state index contributed by atoms with van der Waals surface area (Å²) in [6.07, 6.45) is 3.25. The molecule has 1 heterocycles. The molecule has 0 aliphatic carbocycles. The van der Waals surface area contributed by atoms with Crippen LogP contribution in [-0.2, 0) is 6.42 Å². The Hall–Kier alpha value is -2.43. The van der Waals surface area contributed by atoms with Gasteiger partial charge in [-0.2, -0.15) is 0 Å². The normalized spacial score (nSPS) is 11.9. The van der Waals surface area contributed by atoms with E-state index in [1.165, 1.54) is 7.11 Å². The van der Waals surface area contributed by atoms with E-state index in [2.05, 4.69) is 5.32 Å². The molecule has 5 heteroatoms. The van der Waals surface area contributed by atoms with Gasteiger partial charge in [0.2, 0.25) is 0 Å². The van der Waals surface area contributed by atoms with Gasteiger partial charge in [0.25, 0.3) is 5.91 Å². The number of hydrogen-bond acceptors (Lipinski definition) is 4. The average molecular weight is 288 g/mol. The van der Waals surface area contributed by atoms with E-state index in [1.54, 1.807) is 24.5 Å². The first-order chi connectivity index (χ1) is 10.1. The maximum absolute atomic E-state index is 12.2. The summed E-state index contributed by atoms with van der Waals surface area (Å²) < 4.78 is 10.4. The lowest BCUT2D eigenvalue weighted by Gasteiger charge is -2.14. The summed E-state index contributed by atoms with van der Waals surface area (Å²) in [6, 6.07) is 8.84. The minimum Gasteiger partial charge on any atom is -0.495 e. The van der Waals surface area contributed by atoms with Crippen molar-refractivity contribution in [3.05, 3.63) is 47.9 Å². The van der Waals surface area contributed by atoms with Gasteiger partial charge in [0.05, 0.1) is 19.1 Å². The SMILES string of the molecule is COc1cc(C(=O)NC(C)CCc2ccco2)ccc1N. The quantitative estimate of drug-likeness (QED) is 0.801. The van der Waals surface area contributed by atoms with Crippen LogP contribution in [0.25, 0.3) is 0 Å². The summed E-state index contributed by atoms with van der Waals surface area (Å²) in [5.74, 6) is 1.29. The molecular weight excluding hydrogens is 268 g/mol. The second-order valence-corrected chi connectivity index (χ2v) is 4.95. The second-order valence-electron chi connectivity index (χ2n) is 4.95. The van der Waals surface area contributed by atoms with Crippen LogP contribution in [0.2, 0.25) is 0 Å². The Morgan fingerprint density at radius 2 is 2.24 bits per heavy atom. The fraction of sp³-hybridized carbons (Fsp3) is 0.312. The van der Waals surface area contributed by atoms with Crippen LogP contribution in [0.3, 0.4) is 0 Å². The third-order valence-corrected chi connectivity index (χ3v) is 3.28. The van der Waals surface area contributed by atoms with Gasteiger partial charge in [-0.25, -0.2) is 0 Å². The van der Waals surface area contributed by atoms with Crippen LogP contribution >= 0.6 is 0 Å². The molecule has 0 aliphatic heterocycles. The Kier molecular flexibility index (Phi) is 4.87. The Morgan fingerprint density at radius 3 is 2.90 bits per heavy atom. The third-order valence-electron chi connectivity index (χ3n) is 3.28. The first-order valence-corrected chi connectivity index (χ1v) is 6.87. The van der Waals surface area contributed by atoms with E-state index in [0.29, 0.717) is 17.0 Å². The van der Waals surface area contributed by atoms with Crippen molar-refractivity contribution in [2.75, 3.05) is 12.8 Å². The van der Waals surface area contributed by atoms with Crippen molar-refractivity contribution in [2.24, 2.45) is 0 Å². The zero-order chi connectivity index (χ0) is 15.2. The highest BCUT2D eigenvalue weighted by Crippen LogP contribution is 2.22. The Bertz CT molecular complexity index is 594. The molecule has 0 radical (unpaired) electrons. The molecule has 1 amide bonds. The van der Waals surface area contributed by atoms with Gasteiger partial charge in [0, 0.05) is 18.0 Å². The van der Waals surface area contributed by atoms with Crippen LogP contribution in [0.15, 0.2) is 41.0 Å². The summed E-state index contributed by atoms with van der Waals surface area (Å²) in [7, 11) is 1.53. The lowest BCUT2D eigenvalue weighted by Crippen LogP contribution is -2.32. The van der Waals surface area contributed by atoms with Gasteiger partial charge in [-0.05, 0) is 43.7 Å². The smallest absolute Gasteiger partial charge is 0.251 e. The zero-order valence-corrected chi connectivity index (χ0v) is 12.3. The molecular formula is C16H20N2O3. The number of benzene rings is 1. The number of aryl methyl sites for hydroxylation is 1. The maximum atomic E-state index is 12.2. The van der Waals surface area contributed by atoms with Crippen molar-refractivity contribution in [3.8, 4) is 5.75 Å². The average Bonchev–Trinajstić information content (AvgIpc) is 2.99. The van der Waals surface area contributed by atoms with Crippen LogP contribution in [-0.4, -0.2) is 19.1 Å². The van der Waals surface area contributed by atoms with Crippen molar-refractivity contribution in [1.82, 2.24) is 5.32 Å². The Morgan fingerprint density at radius 1 is 1.43 bits per heavy atom. The fourth-order valence-corrected chi connectivity index (χ4v) is 2.05. The largest absolute Gasteiger partial charge is 0.495 e. The lowest BCUT2D eigenvalue weighted by atomic mass is 10.1. The molecule has 0 saturated carbocycles. The van der Waals surface area contributed by atoms with Crippen LogP contribution in [0, 0.1) is 0 Å². The monoisotopic (exact) mass is 288 g/mol. The van der Waals surface area contributed by atoms with E-state index in [9.17, 15) is 4.79 Å². The number of nitrogens with two attached hydrogens (primary N) is 1. The third kappa shape index (κ3) is 4.02. The molecule has 1 aromatic carbocycles. The topological polar surface area (TPSA) is 77.5 Å². The minimum atomic E-state index is -0.139. The van der Waals surface area contributed by atoms with Crippen molar-refractivity contribution in [1.29, 1.82) is 0 Å². The molecule has 2 rings (SSSR count). The van der Waals surface area contributed by atoms with E-state index >= 15 is 0 Å². The van der Waals surface area contributed by atoms with Gasteiger partial charge in [0.15, 0.2) is 0 Å². The molecule has 1 aromatic heterocycles. The first-order valence-electron chi connectivity index (χ1n) is 6.87. The van der Waals surface area contributed by atoms with Crippen molar-refractivity contribution < 1.29 is 13.9 Å². The summed E-state index contributed by atoms with van der Waals surface area (Å²) >= 11 is 0. The predicted molar refractivity (Wildman–Crippen MR) is 81.4 cm³/mol. The summed E-state index contributed by atoms with van der Waals surface area (Å²) in [5.41, 5.74) is 6.78. The van der Waals surface area contributed by atoms with Gasteiger partial charge in [-0.1, -0.05) is 0 Å². The summed E-state index contributed by atoms with van der Waals surface area (Å²) in [5, 5.41) is 2.95. The second kappa shape index (κ2) is 6.83. The Balaban J connectivity index is 1.91. The fourth-order valence-electron chi connectivity index (χ4n) is 2.05. The number of furan rings is 1. The molecule has 0 bridgehead atoms. The van der Waals surface area contributed by atoms with E-state index < -0.39 is 0 Å². The summed E-state index contributed by atoms with van der Waals surface area (Å²) in [6.45, 7) is 1.97. The standard InChI is InChI=1S/C16H20N2O3/c1-11(5-7-13-4-3-9-21-13)18-16(19)12-6-8-14(17)15(10-12)20-2/h3-4,6,8-11H,5,7,17H2,1-2H3,(H,18,19). The lowest BCUT2D eigenvalue weighted by molar-refractivity contribution is 0.0938. The highest BCUT2D eigenvalue weighted by molar-refractivity contribution is 5.95. The number of hydrogen-bond donors (Lipinski definition) is 2. The molecule has 21 heavy (non-hydrogen) atoms. The number of ether oxygens (including phenoxy) is 1. The van der Waals surface area contributed by atoms with Crippen molar-refractivity contribution >= 4 is 11.6 Å². The molecule has 0 spiro atoms. The number of nitrogen functional groups attached to an aromatic ring is 1. The Labute approximate surface area is 124 Å². The van der Waals surface area contributed by atoms with E-state index in [0.717, 1.165) is 18.6 Å². The van der Waals surface area contributed by atoms with Crippen molar-refractivity contribution in [2.45, 2.75) is 25.8 Å². The number of rotatable bonds is 6. The molecule has 3 N–H and O–H groups in total. The van der Waals surface area contributed by atoms with Crippen LogP contribution in [0.1, 0.15) is 29.5 Å². The van der Waals surface area contributed by atoms with Crippen LogP contribution in [0.4, 0.5) is 5.69 Å². The number of methoxy groups -OCH3 is 1. The minimum absolute atomic E-state index is 0.0474. The predicted octanol–water partition coefficient (Wildman–Crippen LogP) is 2.62. The van der Waals surface area contributed by atoms with E-state index in [4.69, 9.17) is 14.9 Å². The van der Waals surface area contributed by atoms with E-state index in [-0.39, 0.29) is 11.9 Å². The molecule has 0 aliphatic rings. The highest BCUT2D eigenvalue weighted by Gasteiger charge is 2.12. The molecule has 1 unspecified atom stereocenters. The van der Waals surface area contributed by atoms with Gasteiger partial charge < -0.3 is 20.2 Å². The van der Waals surface area contributed by atoms with Gasteiger partial charge in [-0.3, -0.25) is 4.79 Å². The zero-order valence-electron chi connectivity index (χ0n) is 12.3. The number of amides is 1. The van der Waals surface area contributed by atoms with Gasteiger partial charge >= 0.3 is 0 Å². The number of carbonyl (C=O) groups is 1. The molecule has 2 aromatic rings. The van der Waals surface area contributed by atoms with Gasteiger partial charge in [0.1, 0.15) is 11.5 Å². The molecule has 0 fully saturated rings. The molecule has 1 atom stereocenters. The molecule has 112 valence electrons. The van der Waals surface area contributed by atoms with Crippen LogP contribution in [0.5, 0.6) is 5.75 Å². The molecule has 5 nitrogen and oxygen atoms in total. The summed E-state index contributed by atoms with van der Waals surface area (Å²) in [4.78, 5) is 12.2. The van der Waals surface area contributed by atoms with Gasteiger partial charge in [-0.15, -0.1) is 0 Å². The molecule has 0 saturated heterocycles. The number of carbonyl (C=O) groups excluding carboxylic acids is 1. The highest BCUT2D eigenvalue weighted by atomic mass is 16.5. The maximum Gasteiger partial charge on any atom is 0.251 e. The van der Waals surface area contributed by atoms with Crippen molar-refractivity contribution in [3.63, 3.8) is 0 Å². The first kappa shape index (κ1) is 15.0. The van der Waals surface area contributed by atoms with E-state index in [1.807, 2.05) is 19.1 Å².